The first kappa shape index (κ1) is 19.2. The quantitative estimate of drug-likeness (QED) is 0.834. The molecule has 0 bridgehead atoms. The summed E-state index contributed by atoms with van der Waals surface area (Å²) in [6, 6.07) is 19.3. The lowest BCUT2D eigenvalue weighted by molar-refractivity contribution is -0.143. The lowest BCUT2D eigenvalue weighted by Crippen LogP contribution is -2.59. The summed E-state index contributed by atoms with van der Waals surface area (Å²) in [5, 5.41) is 2.88. The average molecular weight is 405 g/mol. The maximum Gasteiger partial charge on any atom is 0.407 e. The Balaban J connectivity index is 1.22. The van der Waals surface area contributed by atoms with Crippen LogP contribution in [0.1, 0.15) is 37.7 Å². The molecule has 2 saturated heterocycles. The normalized spacial score (nSPS) is 30.5. The number of amides is 2. The Hall–Kier alpha value is -2.82. The average Bonchev–Trinajstić information content (AvgIpc) is 3.15. The van der Waals surface area contributed by atoms with Gasteiger partial charge in [-0.05, 0) is 47.8 Å². The second kappa shape index (κ2) is 7.46. The summed E-state index contributed by atoms with van der Waals surface area (Å²) in [6.45, 7) is 4.25. The summed E-state index contributed by atoms with van der Waals surface area (Å²) < 4.78 is 5.03. The Morgan fingerprint density at radius 2 is 1.87 bits per heavy atom. The van der Waals surface area contributed by atoms with E-state index in [0.29, 0.717) is 31.3 Å². The molecule has 1 saturated carbocycles. The number of carbonyl (C=O) groups is 2. The second-order valence-electron chi connectivity index (χ2n) is 9.23. The molecule has 2 aromatic rings. The number of rotatable bonds is 3. The Bertz CT molecular complexity index is 952. The number of likely N-dealkylation sites (tertiary alicyclic amines) is 1. The molecule has 2 heterocycles. The van der Waals surface area contributed by atoms with Gasteiger partial charge >= 0.3 is 6.09 Å². The third kappa shape index (κ3) is 3.47. The summed E-state index contributed by atoms with van der Waals surface area (Å²) in [6.07, 6.45) is 2.03. The molecule has 1 spiro atoms. The maximum atomic E-state index is 13.0. The van der Waals surface area contributed by atoms with E-state index in [1.165, 1.54) is 16.7 Å². The number of carbonyl (C=O) groups excluding carboxylic acids is 2. The molecule has 2 aromatic carbocycles. The van der Waals surface area contributed by atoms with Crippen LogP contribution in [0.4, 0.5) is 4.79 Å². The van der Waals surface area contributed by atoms with E-state index < -0.39 is 0 Å². The fourth-order valence-corrected chi connectivity index (χ4v) is 5.45. The van der Waals surface area contributed by atoms with E-state index in [1.807, 2.05) is 11.0 Å². The molecule has 3 aliphatic rings. The van der Waals surface area contributed by atoms with Crippen LogP contribution in [0, 0.1) is 11.8 Å². The molecule has 30 heavy (non-hydrogen) atoms. The van der Waals surface area contributed by atoms with Crippen molar-refractivity contribution in [2.24, 2.45) is 11.8 Å². The Morgan fingerprint density at radius 3 is 2.57 bits per heavy atom. The highest BCUT2D eigenvalue weighted by Gasteiger charge is 2.53. The minimum absolute atomic E-state index is 0.0113. The zero-order chi connectivity index (χ0) is 20.7. The van der Waals surface area contributed by atoms with Crippen LogP contribution in [0.2, 0.25) is 0 Å². The monoisotopic (exact) mass is 404 g/mol. The van der Waals surface area contributed by atoms with Crippen LogP contribution >= 0.6 is 0 Å². The van der Waals surface area contributed by atoms with Crippen molar-refractivity contribution in [3.63, 3.8) is 0 Å². The van der Waals surface area contributed by atoms with Gasteiger partial charge in [0.1, 0.15) is 6.61 Å². The SMILES string of the molecule is C[C@H]1CN(C(=O)C2CC3(COC(=O)N3)C2)CC[C@H]1c1cccc(-c2ccccc2)c1. The summed E-state index contributed by atoms with van der Waals surface area (Å²) in [7, 11) is 0. The number of alkyl carbamates (subject to hydrolysis) is 1. The molecule has 5 rings (SSSR count). The number of hydrogen-bond donors (Lipinski definition) is 1. The van der Waals surface area contributed by atoms with Crippen LogP contribution < -0.4 is 5.32 Å². The standard InChI is InChI=1S/C25H28N2O3/c1-17-15-27(23(28)21-13-25(14-21)16-30-24(29)26-25)11-10-22(17)20-9-5-8-19(12-20)18-6-3-2-4-7-18/h2-9,12,17,21-22H,10-11,13-16H2,1H3,(H,26,29)/t17-,21?,22+,25?/m0/s1. The van der Waals surface area contributed by atoms with Crippen LogP contribution in [-0.4, -0.2) is 42.1 Å². The van der Waals surface area contributed by atoms with Crippen molar-refractivity contribution in [2.75, 3.05) is 19.7 Å². The van der Waals surface area contributed by atoms with E-state index in [9.17, 15) is 9.59 Å². The fraction of sp³-hybridized carbons (Fsp3) is 0.440. The van der Waals surface area contributed by atoms with Crippen molar-refractivity contribution in [3.8, 4) is 11.1 Å². The molecule has 0 unspecified atom stereocenters. The van der Waals surface area contributed by atoms with Crippen LogP contribution in [-0.2, 0) is 9.53 Å². The van der Waals surface area contributed by atoms with Gasteiger partial charge in [-0.25, -0.2) is 4.79 Å². The molecule has 0 radical (unpaired) electrons. The van der Waals surface area contributed by atoms with Crippen molar-refractivity contribution < 1.29 is 14.3 Å². The van der Waals surface area contributed by atoms with Gasteiger partial charge in [-0.3, -0.25) is 4.79 Å². The van der Waals surface area contributed by atoms with Crippen LogP contribution in [0.5, 0.6) is 0 Å². The Labute approximate surface area is 177 Å². The first-order valence-corrected chi connectivity index (χ1v) is 10.9. The van der Waals surface area contributed by atoms with Gasteiger partial charge in [0.15, 0.2) is 0 Å². The molecule has 156 valence electrons. The largest absolute Gasteiger partial charge is 0.447 e. The van der Waals surface area contributed by atoms with E-state index in [-0.39, 0.29) is 23.5 Å². The van der Waals surface area contributed by atoms with Gasteiger partial charge in [-0.1, -0.05) is 61.5 Å². The molecule has 2 aliphatic heterocycles. The van der Waals surface area contributed by atoms with Gasteiger partial charge in [0.05, 0.1) is 5.54 Å². The third-order valence-electron chi connectivity index (χ3n) is 7.11. The smallest absolute Gasteiger partial charge is 0.407 e. The highest BCUT2D eigenvalue weighted by atomic mass is 16.6. The molecule has 2 atom stereocenters. The van der Waals surface area contributed by atoms with Crippen molar-refractivity contribution >= 4 is 12.0 Å². The lowest BCUT2D eigenvalue weighted by atomic mass is 9.68. The molecular weight excluding hydrogens is 376 g/mol. The minimum atomic E-state index is -0.354. The molecule has 2 amide bonds. The van der Waals surface area contributed by atoms with Crippen LogP contribution in [0.15, 0.2) is 54.6 Å². The first-order chi connectivity index (χ1) is 14.5. The highest BCUT2D eigenvalue weighted by molar-refractivity contribution is 5.81. The van der Waals surface area contributed by atoms with Gasteiger partial charge in [0.25, 0.3) is 0 Å². The molecule has 5 nitrogen and oxygen atoms in total. The molecular formula is C25H28N2O3. The van der Waals surface area contributed by atoms with Gasteiger partial charge in [0, 0.05) is 19.0 Å². The van der Waals surface area contributed by atoms with Crippen molar-refractivity contribution in [1.29, 1.82) is 0 Å². The van der Waals surface area contributed by atoms with Gasteiger partial charge in [-0.2, -0.15) is 0 Å². The summed E-state index contributed by atoms with van der Waals surface area (Å²) >= 11 is 0. The number of piperidine rings is 1. The van der Waals surface area contributed by atoms with Crippen LogP contribution in [0.25, 0.3) is 11.1 Å². The molecule has 0 aromatic heterocycles. The van der Waals surface area contributed by atoms with Crippen molar-refractivity contribution in [3.05, 3.63) is 60.2 Å². The predicted octanol–water partition coefficient (Wildman–Crippen LogP) is 4.19. The third-order valence-corrected chi connectivity index (χ3v) is 7.11. The lowest BCUT2D eigenvalue weighted by Gasteiger charge is -2.46. The summed E-state index contributed by atoms with van der Waals surface area (Å²) in [4.78, 5) is 26.4. The Morgan fingerprint density at radius 1 is 1.10 bits per heavy atom. The number of benzene rings is 2. The van der Waals surface area contributed by atoms with Gasteiger partial charge in [-0.15, -0.1) is 0 Å². The molecule has 5 heteroatoms. The van der Waals surface area contributed by atoms with E-state index in [2.05, 4.69) is 60.8 Å². The second-order valence-corrected chi connectivity index (χ2v) is 9.23. The van der Waals surface area contributed by atoms with Crippen LogP contribution in [0.3, 0.4) is 0 Å². The zero-order valence-electron chi connectivity index (χ0n) is 17.3. The number of nitrogens with zero attached hydrogens (tertiary/aromatic N) is 1. The predicted molar refractivity (Wildman–Crippen MR) is 115 cm³/mol. The fourth-order valence-electron chi connectivity index (χ4n) is 5.45. The van der Waals surface area contributed by atoms with Gasteiger partial charge in [0.2, 0.25) is 5.91 Å². The van der Waals surface area contributed by atoms with Gasteiger partial charge < -0.3 is 15.0 Å². The topological polar surface area (TPSA) is 58.6 Å². The van der Waals surface area contributed by atoms with Crippen molar-refractivity contribution in [1.82, 2.24) is 10.2 Å². The Kier molecular flexibility index (Phi) is 4.76. The minimum Gasteiger partial charge on any atom is -0.447 e. The number of ether oxygens (including phenoxy) is 1. The van der Waals surface area contributed by atoms with E-state index in [0.717, 1.165) is 19.5 Å². The van der Waals surface area contributed by atoms with E-state index in [1.54, 1.807) is 0 Å². The molecule has 3 fully saturated rings. The van der Waals surface area contributed by atoms with E-state index >= 15 is 0 Å². The highest BCUT2D eigenvalue weighted by Crippen LogP contribution is 2.43. The zero-order valence-corrected chi connectivity index (χ0v) is 17.3. The number of nitrogens with one attached hydrogen (secondary N) is 1. The summed E-state index contributed by atoms with van der Waals surface area (Å²) in [5.74, 6) is 1.13. The van der Waals surface area contributed by atoms with Crippen molar-refractivity contribution in [2.45, 2.75) is 37.6 Å². The number of hydrogen-bond acceptors (Lipinski definition) is 3. The number of cyclic esters (lactones) is 1. The maximum absolute atomic E-state index is 13.0. The first-order valence-electron chi connectivity index (χ1n) is 10.9. The molecule has 1 aliphatic carbocycles. The van der Waals surface area contributed by atoms with E-state index in [4.69, 9.17) is 4.74 Å². The molecule has 1 N–H and O–H groups in total. The summed E-state index contributed by atoms with van der Waals surface area (Å²) in [5.41, 5.74) is 3.56.